The van der Waals surface area contributed by atoms with E-state index in [1.165, 1.54) is 17.1 Å². The molecule has 0 saturated carbocycles. The Morgan fingerprint density at radius 1 is 1.10 bits per heavy atom. The summed E-state index contributed by atoms with van der Waals surface area (Å²) in [4.78, 5) is 42.5. The van der Waals surface area contributed by atoms with Crippen LogP contribution in [-0.2, 0) is 11.8 Å². The maximum Gasteiger partial charge on any atom is 0.333 e. The molecule has 4 aromatic rings. The number of nitrogens with zero attached hydrogens (tertiary/aromatic N) is 5. The number of hydrogen-bond donors (Lipinski definition) is 0. The average molecular weight is 393 g/mol. The predicted octanol–water partition coefficient (Wildman–Crippen LogP) is 2.21. The van der Waals surface area contributed by atoms with Gasteiger partial charge in [0.1, 0.15) is 0 Å². The third-order valence-corrected chi connectivity index (χ3v) is 5.70. The van der Waals surface area contributed by atoms with Crippen LogP contribution in [0, 0.1) is 20.8 Å². The molecule has 4 rings (SSSR count). The summed E-state index contributed by atoms with van der Waals surface area (Å²) in [6.45, 7) is 8.96. The van der Waals surface area contributed by atoms with Crippen LogP contribution in [-0.4, -0.2) is 28.9 Å². The zero-order chi connectivity index (χ0) is 21.2. The highest BCUT2D eigenvalue weighted by Gasteiger charge is 2.24. The fourth-order valence-electron chi connectivity index (χ4n) is 3.68. The SMILES string of the molecule is CC(=O)[C@@H](C)n1c(=O)c2c(nc3n(-c4ccc(C)c(C)c4)c(C)cn23)n(C)c1=O. The van der Waals surface area contributed by atoms with Crippen LogP contribution in [0.2, 0.25) is 0 Å². The molecule has 0 unspecified atom stereocenters. The number of carbonyl (C=O) groups is 1. The van der Waals surface area contributed by atoms with Gasteiger partial charge in [-0.05, 0) is 57.9 Å². The van der Waals surface area contributed by atoms with Crippen molar-refractivity contribution in [2.24, 2.45) is 7.05 Å². The van der Waals surface area contributed by atoms with Gasteiger partial charge in [0, 0.05) is 24.6 Å². The van der Waals surface area contributed by atoms with Crippen LogP contribution in [0.15, 0.2) is 34.0 Å². The maximum absolute atomic E-state index is 13.2. The first-order chi connectivity index (χ1) is 13.6. The molecule has 29 heavy (non-hydrogen) atoms. The summed E-state index contributed by atoms with van der Waals surface area (Å²) >= 11 is 0. The molecule has 0 spiro atoms. The minimum absolute atomic E-state index is 0.256. The quantitative estimate of drug-likeness (QED) is 0.534. The van der Waals surface area contributed by atoms with Crippen LogP contribution in [0.4, 0.5) is 0 Å². The average Bonchev–Trinajstić information content (AvgIpc) is 3.17. The van der Waals surface area contributed by atoms with Gasteiger partial charge in [-0.3, -0.25) is 23.1 Å². The zero-order valence-electron chi connectivity index (χ0n) is 17.3. The largest absolute Gasteiger partial charge is 0.333 e. The fraction of sp³-hybridized carbons (Fsp3) is 0.333. The molecule has 8 nitrogen and oxygen atoms in total. The lowest BCUT2D eigenvalue weighted by atomic mass is 10.1. The second-order valence-corrected chi connectivity index (χ2v) is 7.63. The Balaban J connectivity index is 2.13. The summed E-state index contributed by atoms with van der Waals surface area (Å²) in [6, 6.07) is 5.26. The van der Waals surface area contributed by atoms with Crippen molar-refractivity contribution in [3.63, 3.8) is 0 Å². The smallest absolute Gasteiger partial charge is 0.298 e. The van der Waals surface area contributed by atoms with Gasteiger partial charge in [-0.1, -0.05) is 6.07 Å². The van der Waals surface area contributed by atoms with Gasteiger partial charge in [0.25, 0.3) is 5.56 Å². The van der Waals surface area contributed by atoms with Gasteiger partial charge >= 0.3 is 5.69 Å². The normalized spacial score (nSPS) is 12.8. The number of benzene rings is 1. The number of aryl methyl sites for hydroxylation is 4. The Bertz CT molecular complexity index is 1430. The number of ketones is 1. The molecule has 0 N–H and O–H groups in total. The van der Waals surface area contributed by atoms with Crippen LogP contribution in [0.1, 0.15) is 36.7 Å². The third kappa shape index (κ3) is 2.59. The van der Waals surface area contributed by atoms with Gasteiger partial charge in [-0.2, -0.15) is 4.98 Å². The number of hydrogen-bond acceptors (Lipinski definition) is 4. The topological polar surface area (TPSA) is 83.3 Å². The molecule has 150 valence electrons. The van der Waals surface area contributed by atoms with E-state index < -0.39 is 17.3 Å². The summed E-state index contributed by atoms with van der Waals surface area (Å²) in [5.74, 6) is 0.286. The van der Waals surface area contributed by atoms with Gasteiger partial charge in [-0.15, -0.1) is 0 Å². The summed E-state index contributed by atoms with van der Waals surface area (Å²) in [7, 11) is 1.56. The third-order valence-electron chi connectivity index (χ3n) is 5.70. The van der Waals surface area contributed by atoms with Crippen molar-refractivity contribution in [3.05, 3.63) is 62.1 Å². The van der Waals surface area contributed by atoms with Gasteiger partial charge < -0.3 is 0 Å². The molecule has 3 aromatic heterocycles. The Hall–Kier alpha value is -3.42. The summed E-state index contributed by atoms with van der Waals surface area (Å²) in [6.07, 6.45) is 1.83. The molecule has 0 bridgehead atoms. The van der Waals surface area contributed by atoms with Crippen molar-refractivity contribution in [3.8, 4) is 5.69 Å². The van der Waals surface area contributed by atoms with Crippen molar-refractivity contribution in [1.82, 2.24) is 23.1 Å². The monoisotopic (exact) mass is 393 g/mol. The number of fused-ring (bicyclic) bond motifs is 3. The van der Waals surface area contributed by atoms with Crippen molar-refractivity contribution in [1.29, 1.82) is 0 Å². The lowest BCUT2D eigenvalue weighted by Crippen LogP contribution is -2.42. The van der Waals surface area contributed by atoms with E-state index >= 15 is 0 Å². The lowest BCUT2D eigenvalue weighted by Gasteiger charge is -2.12. The molecule has 0 amide bonds. The molecule has 8 heteroatoms. The van der Waals surface area contributed by atoms with Crippen LogP contribution < -0.4 is 11.2 Å². The fourth-order valence-corrected chi connectivity index (χ4v) is 3.68. The Morgan fingerprint density at radius 2 is 1.79 bits per heavy atom. The minimum atomic E-state index is -0.848. The number of aromatic nitrogens is 5. The highest BCUT2D eigenvalue weighted by atomic mass is 16.2. The Morgan fingerprint density at radius 3 is 2.41 bits per heavy atom. The van der Waals surface area contributed by atoms with Crippen LogP contribution in [0.25, 0.3) is 22.6 Å². The maximum atomic E-state index is 13.2. The highest BCUT2D eigenvalue weighted by Crippen LogP contribution is 2.22. The first-order valence-corrected chi connectivity index (χ1v) is 9.43. The molecule has 0 aliphatic carbocycles. The van der Waals surface area contributed by atoms with E-state index in [0.29, 0.717) is 11.4 Å². The van der Waals surface area contributed by atoms with Crippen molar-refractivity contribution in [2.45, 2.75) is 40.7 Å². The number of carbonyl (C=O) groups excluding carboxylic acids is 1. The first kappa shape index (κ1) is 18.9. The summed E-state index contributed by atoms with van der Waals surface area (Å²) < 4.78 is 5.98. The van der Waals surface area contributed by atoms with Gasteiger partial charge in [-0.25, -0.2) is 9.36 Å². The number of rotatable bonds is 3. The standard InChI is InChI=1S/C21H23N5O3/c1-11-7-8-16(9-12(11)2)25-13(3)10-24-17-18(22-20(24)25)23(6)21(29)26(19(17)28)14(4)15(5)27/h7-10,14H,1-6H3/t14-/m1/s1. The number of imidazole rings is 2. The Labute approximate surface area is 166 Å². The van der Waals surface area contributed by atoms with E-state index in [1.807, 2.05) is 36.7 Å². The predicted molar refractivity (Wildman–Crippen MR) is 111 cm³/mol. The van der Waals surface area contributed by atoms with Gasteiger partial charge in [0.15, 0.2) is 16.9 Å². The minimum Gasteiger partial charge on any atom is -0.298 e. The molecule has 0 radical (unpaired) electrons. The van der Waals surface area contributed by atoms with Crippen molar-refractivity contribution >= 4 is 22.7 Å². The molecular formula is C21H23N5O3. The Kier molecular flexibility index (Phi) is 4.11. The molecule has 0 aliphatic rings. The number of Topliss-reactive ketones (excluding diaryl/α,β-unsaturated/α-hetero) is 1. The lowest BCUT2D eigenvalue weighted by molar-refractivity contribution is -0.119. The molecule has 1 aromatic carbocycles. The van der Waals surface area contributed by atoms with E-state index in [4.69, 9.17) is 0 Å². The molecule has 1 atom stereocenters. The van der Waals surface area contributed by atoms with Gasteiger partial charge in [0.05, 0.1) is 6.04 Å². The van der Waals surface area contributed by atoms with E-state index in [2.05, 4.69) is 18.0 Å². The summed E-state index contributed by atoms with van der Waals surface area (Å²) in [5.41, 5.74) is 3.66. The van der Waals surface area contributed by atoms with Crippen LogP contribution >= 0.6 is 0 Å². The van der Waals surface area contributed by atoms with Crippen molar-refractivity contribution < 1.29 is 4.79 Å². The van der Waals surface area contributed by atoms with E-state index in [0.717, 1.165) is 21.5 Å². The second-order valence-electron chi connectivity index (χ2n) is 7.63. The van der Waals surface area contributed by atoms with E-state index in [-0.39, 0.29) is 11.3 Å². The molecule has 0 aliphatic heterocycles. The molecule has 0 fully saturated rings. The van der Waals surface area contributed by atoms with Gasteiger partial charge in [0.2, 0.25) is 5.78 Å². The van der Waals surface area contributed by atoms with Crippen molar-refractivity contribution in [2.75, 3.05) is 0 Å². The summed E-state index contributed by atoms with van der Waals surface area (Å²) in [5, 5.41) is 0. The first-order valence-electron chi connectivity index (χ1n) is 9.43. The molecule has 3 heterocycles. The van der Waals surface area contributed by atoms with E-state index in [9.17, 15) is 14.4 Å². The highest BCUT2D eigenvalue weighted by molar-refractivity contribution is 5.81. The second kappa shape index (κ2) is 6.30. The van der Waals surface area contributed by atoms with E-state index in [1.54, 1.807) is 18.4 Å². The molecular weight excluding hydrogens is 370 g/mol. The van der Waals surface area contributed by atoms with Crippen LogP contribution in [0.3, 0.4) is 0 Å². The molecule has 0 saturated heterocycles. The van der Waals surface area contributed by atoms with Crippen LogP contribution in [0.5, 0.6) is 0 Å². The zero-order valence-corrected chi connectivity index (χ0v) is 17.3.